The number of hydrogen-bond donors (Lipinski definition) is 3. The lowest BCUT2D eigenvalue weighted by molar-refractivity contribution is 0.102. The Balaban J connectivity index is 1.59. The summed E-state index contributed by atoms with van der Waals surface area (Å²) in [6.07, 6.45) is 4.05. The van der Waals surface area contributed by atoms with E-state index in [0.29, 0.717) is 10.8 Å². The third-order valence-electron chi connectivity index (χ3n) is 5.00. The van der Waals surface area contributed by atoms with Crippen molar-refractivity contribution in [3.05, 3.63) is 53.6 Å². The average molecular weight is 463 g/mol. The maximum Gasteiger partial charge on any atom is 0.276 e. The number of halogens is 3. The number of carbonyl (C=O) groups is 1. The van der Waals surface area contributed by atoms with Crippen LogP contribution in [0.25, 0.3) is 11.3 Å². The van der Waals surface area contributed by atoms with Gasteiger partial charge in [-0.05, 0) is 44.5 Å². The van der Waals surface area contributed by atoms with Crippen LogP contribution >= 0.6 is 11.5 Å². The highest BCUT2D eigenvalue weighted by Crippen LogP contribution is 2.33. The van der Waals surface area contributed by atoms with Crippen molar-refractivity contribution in [2.24, 2.45) is 0 Å². The zero-order valence-electron chi connectivity index (χ0n) is 16.8. The summed E-state index contributed by atoms with van der Waals surface area (Å²) in [5, 5.41) is 6.31. The normalized spacial score (nSPS) is 16.4. The molecule has 3 aromatic rings. The first-order valence-corrected chi connectivity index (χ1v) is 10.7. The third kappa shape index (κ3) is 4.68. The van der Waals surface area contributed by atoms with Crippen molar-refractivity contribution in [2.75, 3.05) is 24.1 Å². The Morgan fingerprint density at radius 1 is 1.19 bits per heavy atom. The van der Waals surface area contributed by atoms with E-state index in [4.69, 9.17) is 10.5 Å². The highest BCUT2D eigenvalue weighted by atomic mass is 32.1. The minimum atomic E-state index is -1.05. The molecular formula is C21H20F3N5O2S. The number of amides is 1. The number of anilines is 2. The van der Waals surface area contributed by atoms with Crippen molar-refractivity contribution < 1.29 is 22.7 Å². The van der Waals surface area contributed by atoms with Crippen LogP contribution in [0.1, 0.15) is 29.8 Å². The molecule has 1 saturated heterocycles. The molecule has 11 heteroatoms. The maximum atomic E-state index is 14.4. The Labute approximate surface area is 186 Å². The van der Waals surface area contributed by atoms with Crippen LogP contribution in [-0.4, -0.2) is 34.5 Å². The van der Waals surface area contributed by atoms with E-state index in [1.54, 1.807) is 0 Å². The number of nitrogens with one attached hydrogen (secondary N) is 2. The van der Waals surface area contributed by atoms with Crippen molar-refractivity contribution in [3.63, 3.8) is 0 Å². The molecule has 32 heavy (non-hydrogen) atoms. The van der Waals surface area contributed by atoms with Crippen LogP contribution in [0.15, 0.2) is 30.5 Å². The van der Waals surface area contributed by atoms with Gasteiger partial charge in [0.25, 0.3) is 5.91 Å². The van der Waals surface area contributed by atoms with Gasteiger partial charge in [-0.3, -0.25) is 4.79 Å². The lowest BCUT2D eigenvalue weighted by Crippen LogP contribution is -2.20. The monoisotopic (exact) mass is 463 g/mol. The number of aromatic nitrogens is 2. The molecule has 4 rings (SSSR count). The standard InChI is InChI=1S/C21H20F3N5O2S/c22-12-4-1-5-13(23)17(12)18-14(24)9-15(25)19(29-18)20(30)28-16-10-27-32-21(16)31-11-3-2-7-26-8-6-11/h1,4-5,9-11,26H,2-3,6-8,25H2,(H,28,30). The fourth-order valence-corrected chi connectivity index (χ4v) is 4.05. The molecule has 4 N–H and O–H groups in total. The Bertz CT molecular complexity index is 1110. The Morgan fingerprint density at radius 2 is 1.97 bits per heavy atom. The number of rotatable bonds is 5. The average Bonchev–Trinajstić information content (AvgIpc) is 3.01. The van der Waals surface area contributed by atoms with E-state index in [9.17, 15) is 18.0 Å². The SMILES string of the molecule is Nc1cc(F)c(-c2c(F)cccc2F)nc1C(=O)Nc1cnsc1OC1CCCNCC1. The first kappa shape index (κ1) is 22.0. The van der Waals surface area contributed by atoms with Crippen LogP contribution in [0.3, 0.4) is 0 Å². The number of benzene rings is 1. The molecular weight excluding hydrogens is 443 g/mol. The van der Waals surface area contributed by atoms with Gasteiger partial charge < -0.3 is 21.1 Å². The Morgan fingerprint density at radius 3 is 2.75 bits per heavy atom. The van der Waals surface area contributed by atoms with Crippen LogP contribution in [0.2, 0.25) is 0 Å². The highest BCUT2D eigenvalue weighted by molar-refractivity contribution is 7.08. The van der Waals surface area contributed by atoms with Crippen molar-refractivity contribution >= 4 is 28.8 Å². The zero-order chi connectivity index (χ0) is 22.7. The molecule has 1 fully saturated rings. The number of hydrogen-bond acceptors (Lipinski definition) is 7. The summed E-state index contributed by atoms with van der Waals surface area (Å²) in [4.78, 5) is 16.7. The van der Waals surface area contributed by atoms with Crippen LogP contribution in [0.5, 0.6) is 5.06 Å². The van der Waals surface area contributed by atoms with E-state index in [1.165, 1.54) is 6.20 Å². The van der Waals surface area contributed by atoms with Crippen LogP contribution in [0.4, 0.5) is 24.5 Å². The van der Waals surface area contributed by atoms with Gasteiger partial charge in [0.15, 0.2) is 11.5 Å². The van der Waals surface area contributed by atoms with Gasteiger partial charge in [0.05, 0.1) is 17.4 Å². The second-order valence-electron chi connectivity index (χ2n) is 7.26. The summed E-state index contributed by atoms with van der Waals surface area (Å²) in [5.74, 6) is -3.86. The Hall–Kier alpha value is -3.18. The van der Waals surface area contributed by atoms with Crippen molar-refractivity contribution in [1.82, 2.24) is 14.7 Å². The predicted molar refractivity (Wildman–Crippen MR) is 115 cm³/mol. The fourth-order valence-electron chi connectivity index (χ4n) is 3.42. The number of ether oxygens (including phenoxy) is 1. The summed E-state index contributed by atoms with van der Waals surface area (Å²) >= 11 is 1.08. The molecule has 0 aliphatic carbocycles. The second-order valence-corrected chi connectivity index (χ2v) is 8.02. The first-order chi connectivity index (χ1) is 15.4. The lowest BCUT2D eigenvalue weighted by Gasteiger charge is -2.16. The van der Waals surface area contributed by atoms with Crippen LogP contribution < -0.4 is 21.1 Å². The van der Waals surface area contributed by atoms with Gasteiger partial charge in [0.2, 0.25) is 5.06 Å². The van der Waals surface area contributed by atoms with Crippen LogP contribution in [0, 0.1) is 17.5 Å². The summed E-state index contributed by atoms with van der Waals surface area (Å²) in [6.45, 7) is 1.75. The van der Waals surface area contributed by atoms with Gasteiger partial charge in [-0.15, -0.1) is 0 Å². The van der Waals surface area contributed by atoms with Gasteiger partial charge in [-0.2, -0.15) is 4.37 Å². The lowest BCUT2D eigenvalue weighted by atomic mass is 10.1. The summed E-state index contributed by atoms with van der Waals surface area (Å²) in [6, 6.07) is 3.90. The molecule has 7 nitrogen and oxygen atoms in total. The topological polar surface area (TPSA) is 102 Å². The molecule has 0 saturated carbocycles. The van der Waals surface area contributed by atoms with E-state index in [0.717, 1.165) is 68.1 Å². The molecule has 2 aromatic heterocycles. The van der Waals surface area contributed by atoms with Gasteiger partial charge in [-0.1, -0.05) is 6.07 Å². The molecule has 1 atom stereocenters. The molecule has 1 aliphatic heterocycles. The van der Waals surface area contributed by atoms with Gasteiger partial charge in [0.1, 0.15) is 29.1 Å². The molecule has 1 aromatic carbocycles. The van der Waals surface area contributed by atoms with Crippen molar-refractivity contribution in [1.29, 1.82) is 0 Å². The summed E-state index contributed by atoms with van der Waals surface area (Å²) < 4.78 is 52.8. The molecule has 0 bridgehead atoms. The molecule has 1 unspecified atom stereocenters. The van der Waals surface area contributed by atoms with E-state index in [1.807, 2.05) is 0 Å². The minimum absolute atomic E-state index is 0.0225. The van der Waals surface area contributed by atoms with Gasteiger partial charge in [0, 0.05) is 17.6 Å². The Kier molecular flexibility index (Phi) is 6.56. The third-order valence-corrected chi connectivity index (χ3v) is 5.69. The molecule has 0 spiro atoms. The van der Waals surface area contributed by atoms with Crippen molar-refractivity contribution in [3.8, 4) is 16.3 Å². The molecule has 168 valence electrons. The smallest absolute Gasteiger partial charge is 0.276 e. The van der Waals surface area contributed by atoms with Gasteiger partial charge >= 0.3 is 0 Å². The number of nitrogen functional groups attached to an aromatic ring is 1. The number of nitrogens with two attached hydrogens (primary N) is 1. The number of nitrogens with zero attached hydrogens (tertiary/aromatic N) is 2. The summed E-state index contributed by atoms with van der Waals surface area (Å²) in [5.41, 5.74) is 4.11. The van der Waals surface area contributed by atoms with E-state index >= 15 is 0 Å². The largest absolute Gasteiger partial charge is 0.478 e. The zero-order valence-corrected chi connectivity index (χ0v) is 17.6. The van der Waals surface area contributed by atoms with Crippen LogP contribution in [-0.2, 0) is 0 Å². The summed E-state index contributed by atoms with van der Waals surface area (Å²) in [7, 11) is 0. The predicted octanol–water partition coefficient (Wildman–Crippen LogP) is 3.98. The van der Waals surface area contributed by atoms with Crippen molar-refractivity contribution in [2.45, 2.75) is 25.4 Å². The molecule has 0 radical (unpaired) electrons. The first-order valence-electron chi connectivity index (χ1n) is 9.98. The quantitative estimate of drug-likeness (QED) is 0.529. The van der Waals surface area contributed by atoms with Gasteiger partial charge in [-0.25, -0.2) is 18.2 Å². The fraction of sp³-hybridized carbons (Fsp3) is 0.286. The van der Waals surface area contributed by atoms with E-state index < -0.39 is 34.6 Å². The molecule has 1 amide bonds. The second kappa shape index (κ2) is 9.53. The molecule has 1 aliphatic rings. The number of pyridine rings is 1. The minimum Gasteiger partial charge on any atom is -0.478 e. The van der Waals surface area contributed by atoms with E-state index in [-0.39, 0.29) is 17.5 Å². The number of carbonyl (C=O) groups excluding carboxylic acids is 1. The van der Waals surface area contributed by atoms with E-state index in [2.05, 4.69) is 20.0 Å². The molecule has 3 heterocycles. The maximum absolute atomic E-state index is 14.4. The highest BCUT2D eigenvalue weighted by Gasteiger charge is 2.24.